The third kappa shape index (κ3) is 4.31. The highest BCUT2D eigenvalue weighted by atomic mass is 19.4. The van der Waals surface area contributed by atoms with Crippen molar-refractivity contribution in [2.45, 2.75) is 13.1 Å². The predicted molar refractivity (Wildman–Crippen MR) is 103 cm³/mol. The van der Waals surface area contributed by atoms with Gasteiger partial charge in [-0.2, -0.15) is 13.2 Å². The zero-order valence-corrected chi connectivity index (χ0v) is 15.1. The van der Waals surface area contributed by atoms with Crippen molar-refractivity contribution in [3.05, 3.63) is 84.2 Å². The summed E-state index contributed by atoms with van der Waals surface area (Å²) < 4.78 is 39.6. The van der Waals surface area contributed by atoms with Gasteiger partial charge in [0.2, 0.25) is 0 Å². The monoisotopic (exact) mass is 385 g/mol. The number of alkyl halides is 3. The Morgan fingerprint density at radius 1 is 1.04 bits per heavy atom. The van der Waals surface area contributed by atoms with Crippen LogP contribution in [0.3, 0.4) is 0 Å². The van der Waals surface area contributed by atoms with Crippen LogP contribution in [-0.4, -0.2) is 17.4 Å². The maximum Gasteiger partial charge on any atom is 0.418 e. The van der Waals surface area contributed by atoms with Gasteiger partial charge in [0.15, 0.2) is 0 Å². The highest BCUT2D eigenvalue weighted by Gasteiger charge is 2.33. The van der Waals surface area contributed by atoms with Crippen molar-refractivity contribution >= 4 is 23.0 Å². The van der Waals surface area contributed by atoms with Gasteiger partial charge < -0.3 is 10.2 Å². The SMILES string of the molecule is CCN(C(=O)c1cc(Nc2ccccc2C(F)(F)F)ccn1)c1ccccc1. The van der Waals surface area contributed by atoms with Gasteiger partial charge in [-0.15, -0.1) is 0 Å². The number of rotatable bonds is 5. The van der Waals surface area contributed by atoms with Gasteiger partial charge in [0.1, 0.15) is 5.69 Å². The molecule has 1 heterocycles. The van der Waals surface area contributed by atoms with Crippen LogP contribution in [0.1, 0.15) is 23.0 Å². The molecule has 0 radical (unpaired) electrons. The first-order chi connectivity index (χ1) is 13.4. The molecule has 1 aromatic heterocycles. The molecule has 0 saturated carbocycles. The Hall–Kier alpha value is -3.35. The minimum atomic E-state index is -4.48. The van der Waals surface area contributed by atoms with Crippen molar-refractivity contribution in [1.82, 2.24) is 4.98 Å². The van der Waals surface area contributed by atoms with Crippen LogP contribution in [0.2, 0.25) is 0 Å². The van der Waals surface area contributed by atoms with Crippen LogP contribution in [0.25, 0.3) is 0 Å². The summed E-state index contributed by atoms with van der Waals surface area (Å²) >= 11 is 0. The number of para-hydroxylation sites is 2. The minimum Gasteiger partial charge on any atom is -0.355 e. The summed E-state index contributed by atoms with van der Waals surface area (Å²) in [4.78, 5) is 18.5. The van der Waals surface area contributed by atoms with Crippen LogP contribution in [-0.2, 0) is 6.18 Å². The van der Waals surface area contributed by atoms with Crippen molar-refractivity contribution in [2.75, 3.05) is 16.8 Å². The van der Waals surface area contributed by atoms with E-state index in [-0.39, 0.29) is 17.3 Å². The summed E-state index contributed by atoms with van der Waals surface area (Å²) in [6, 6.07) is 17.3. The molecule has 2 aromatic carbocycles. The number of halogens is 3. The topological polar surface area (TPSA) is 45.2 Å². The molecule has 0 atom stereocenters. The van der Waals surface area contributed by atoms with Crippen LogP contribution >= 0.6 is 0 Å². The lowest BCUT2D eigenvalue weighted by Crippen LogP contribution is -2.31. The molecule has 144 valence electrons. The molecule has 0 saturated heterocycles. The van der Waals surface area contributed by atoms with E-state index in [1.54, 1.807) is 4.90 Å². The molecular formula is C21H18F3N3O. The minimum absolute atomic E-state index is 0.0880. The smallest absolute Gasteiger partial charge is 0.355 e. The number of aromatic nitrogens is 1. The van der Waals surface area contributed by atoms with E-state index in [0.29, 0.717) is 12.2 Å². The summed E-state index contributed by atoms with van der Waals surface area (Å²) in [6.45, 7) is 2.27. The molecule has 0 bridgehead atoms. The highest BCUT2D eigenvalue weighted by Crippen LogP contribution is 2.35. The molecule has 1 amide bonds. The lowest BCUT2D eigenvalue weighted by molar-refractivity contribution is -0.136. The number of pyridine rings is 1. The average molecular weight is 385 g/mol. The largest absolute Gasteiger partial charge is 0.418 e. The lowest BCUT2D eigenvalue weighted by Gasteiger charge is -2.21. The molecule has 1 N–H and O–H groups in total. The van der Waals surface area contributed by atoms with Gasteiger partial charge in [-0.1, -0.05) is 30.3 Å². The summed E-state index contributed by atoms with van der Waals surface area (Å²) in [5.74, 6) is -0.332. The predicted octanol–water partition coefficient (Wildman–Crippen LogP) is 5.51. The number of amides is 1. The van der Waals surface area contributed by atoms with Crippen molar-refractivity contribution < 1.29 is 18.0 Å². The number of anilines is 3. The molecule has 0 aliphatic rings. The van der Waals surface area contributed by atoms with Gasteiger partial charge in [-0.25, -0.2) is 0 Å². The van der Waals surface area contributed by atoms with E-state index >= 15 is 0 Å². The first-order valence-corrected chi connectivity index (χ1v) is 8.66. The van der Waals surface area contributed by atoms with Gasteiger partial charge in [-0.05, 0) is 43.3 Å². The highest BCUT2D eigenvalue weighted by molar-refractivity contribution is 6.05. The normalized spacial score (nSPS) is 11.1. The third-order valence-corrected chi connectivity index (χ3v) is 4.12. The Kier molecular flexibility index (Phi) is 5.63. The molecule has 0 unspecified atom stereocenters. The van der Waals surface area contributed by atoms with Crippen LogP contribution in [0.15, 0.2) is 72.9 Å². The van der Waals surface area contributed by atoms with E-state index in [0.717, 1.165) is 11.8 Å². The van der Waals surface area contributed by atoms with E-state index < -0.39 is 11.7 Å². The summed E-state index contributed by atoms with van der Waals surface area (Å²) in [5, 5.41) is 2.74. The molecule has 0 fully saturated rings. The van der Waals surface area contributed by atoms with E-state index in [9.17, 15) is 18.0 Å². The lowest BCUT2D eigenvalue weighted by atomic mass is 10.1. The van der Waals surface area contributed by atoms with Crippen molar-refractivity contribution in [2.24, 2.45) is 0 Å². The number of nitrogens with zero attached hydrogens (tertiary/aromatic N) is 2. The fraction of sp³-hybridized carbons (Fsp3) is 0.143. The molecule has 28 heavy (non-hydrogen) atoms. The van der Waals surface area contributed by atoms with Gasteiger partial charge in [-0.3, -0.25) is 9.78 Å². The molecular weight excluding hydrogens is 367 g/mol. The standard InChI is InChI=1S/C21H18F3N3O/c1-2-27(16-8-4-3-5-9-16)20(28)19-14-15(12-13-25-19)26-18-11-7-6-10-17(18)21(22,23)24/h3-14H,2H2,1H3,(H,25,26). The number of nitrogens with one attached hydrogen (secondary N) is 1. The van der Waals surface area contributed by atoms with E-state index in [1.165, 1.54) is 36.5 Å². The first kappa shape index (κ1) is 19.4. The van der Waals surface area contributed by atoms with Gasteiger partial charge >= 0.3 is 6.18 Å². The second-order valence-electron chi connectivity index (χ2n) is 5.98. The van der Waals surface area contributed by atoms with E-state index in [4.69, 9.17) is 0 Å². The maximum atomic E-state index is 13.2. The van der Waals surface area contributed by atoms with Gasteiger partial charge in [0.25, 0.3) is 5.91 Å². The third-order valence-electron chi connectivity index (χ3n) is 4.12. The van der Waals surface area contributed by atoms with Crippen LogP contribution in [0.4, 0.5) is 30.2 Å². The van der Waals surface area contributed by atoms with Crippen LogP contribution in [0, 0.1) is 0 Å². The molecule has 0 aliphatic carbocycles. The first-order valence-electron chi connectivity index (χ1n) is 8.66. The molecule has 0 aliphatic heterocycles. The fourth-order valence-corrected chi connectivity index (χ4v) is 2.81. The number of carbonyl (C=O) groups is 1. The van der Waals surface area contributed by atoms with Crippen LogP contribution in [0.5, 0.6) is 0 Å². The summed E-state index contributed by atoms with van der Waals surface area (Å²) in [5.41, 5.74) is 0.339. The van der Waals surface area contributed by atoms with Crippen LogP contribution < -0.4 is 10.2 Å². The fourth-order valence-electron chi connectivity index (χ4n) is 2.81. The van der Waals surface area contributed by atoms with Crippen molar-refractivity contribution in [3.63, 3.8) is 0 Å². The number of hydrogen-bond donors (Lipinski definition) is 1. The average Bonchev–Trinajstić information content (AvgIpc) is 2.69. The maximum absolute atomic E-state index is 13.2. The molecule has 3 rings (SSSR count). The van der Waals surface area contributed by atoms with E-state index in [2.05, 4.69) is 10.3 Å². The number of hydrogen-bond acceptors (Lipinski definition) is 3. The second kappa shape index (κ2) is 8.12. The number of benzene rings is 2. The number of carbonyl (C=O) groups excluding carboxylic acids is 1. The zero-order valence-electron chi connectivity index (χ0n) is 15.1. The zero-order chi connectivity index (χ0) is 20.1. The Bertz CT molecular complexity index is 958. The van der Waals surface area contributed by atoms with Gasteiger partial charge in [0, 0.05) is 24.1 Å². The van der Waals surface area contributed by atoms with Crippen molar-refractivity contribution in [1.29, 1.82) is 0 Å². The quantitative estimate of drug-likeness (QED) is 0.630. The Labute approximate surface area is 160 Å². The second-order valence-corrected chi connectivity index (χ2v) is 5.98. The Morgan fingerprint density at radius 2 is 1.71 bits per heavy atom. The van der Waals surface area contributed by atoms with E-state index in [1.807, 2.05) is 37.3 Å². The molecule has 0 spiro atoms. The molecule has 3 aromatic rings. The molecule has 4 nitrogen and oxygen atoms in total. The summed E-state index contributed by atoms with van der Waals surface area (Å²) in [6.07, 6.45) is -3.09. The van der Waals surface area contributed by atoms with Gasteiger partial charge in [0.05, 0.1) is 11.3 Å². The molecule has 7 heteroatoms. The summed E-state index contributed by atoms with van der Waals surface area (Å²) in [7, 11) is 0. The van der Waals surface area contributed by atoms with Crippen molar-refractivity contribution in [3.8, 4) is 0 Å². The Morgan fingerprint density at radius 3 is 2.39 bits per heavy atom. The Balaban J connectivity index is 1.88.